The predicted octanol–water partition coefficient (Wildman–Crippen LogP) is 5.82. The van der Waals surface area contributed by atoms with Crippen LogP contribution in [0.3, 0.4) is 0 Å². The third-order valence-electron chi connectivity index (χ3n) is 5.54. The van der Waals surface area contributed by atoms with Crippen molar-refractivity contribution >= 4 is 49.0 Å². The van der Waals surface area contributed by atoms with Crippen molar-refractivity contribution in [3.8, 4) is 11.1 Å². The van der Waals surface area contributed by atoms with E-state index in [0.717, 1.165) is 26.2 Å². The summed E-state index contributed by atoms with van der Waals surface area (Å²) in [6.45, 7) is 5.57. The van der Waals surface area contributed by atoms with E-state index in [-0.39, 0.29) is 10.8 Å². The van der Waals surface area contributed by atoms with Gasteiger partial charge in [-0.25, -0.2) is 23.1 Å². The summed E-state index contributed by atoms with van der Waals surface area (Å²) in [4.78, 5) is 11.1. The van der Waals surface area contributed by atoms with Crippen molar-refractivity contribution in [2.75, 3.05) is 10.0 Å². The van der Waals surface area contributed by atoms with Gasteiger partial charge in [-0.05, 0) is 50.6 Å². The van der Waals surface area contributed by atoms with E-state index in [1.807, 2.05) is 18.2 Å². The Balaban J connectivity index is 1.46. The maximum Gasteiger partial charge on any atom is 0.264 e. The molecule has 3 heterocycles. The third kappa shape index (κ3) is 4.02. The molecule has 2 N–H and O–H groups in total. The van der Waals surface area contributed by atoms with Crippen LogP contribution < -0.4 is 10.0 Å². The highest BCUT2D eigenvalue weighted by Gasteiger charge is 2.20. The van der Waals surface area contributed by atoms with Gasteiger partial charge in [-0.15, -0.1) is 11.3 Å². The second-order valence-electron chi connectivity index (χ2n) is 7.78. The Morgan fingerprint density at radius 3 is 2.35 bits per heavy atom. The summed E-state index contributed by atoms with van der Waals surface area (Å²) in [5.74, 6) is 0.777. The van der Waals surface area contributed by atoms with Crippen molar-refractivity contribution in [1.82, 2.24) is 15.1 Å². The van der Waals surface area contributed by atoms with Crippen LogP contribution in [0.1, 0.15) is 16.1 Å². The molecule has 0 unspecified atom stereocenters. The molecule has 0 bridgehead atoms. The number of rotatable bonds is 6. The molecule has 0 saturated carbocycles. The molecule has 0 spiro atoms. The molecule has 0 atom stereocenters. The molecular formula is C24H21N5O3S2. The van der Waals surface area contributed by atoms with Crippen LogP contribution in [0.25, 0.3) is 21.3 Å². The first-order chi connectivity index (χ1) is 16.3. The second-order valence-corrected chi connectivity index (χ2v) is 10.7. The Morgan fingerprint density at radius 1 is 0.941 bits per heavy atom. The summed E-state index contributed by atoms with van der Waals surface area (Å²) in [5, 5.41) is 8.05. The van der Waals surface area contributed by atoms with Crippen molar-refractivity contribution in [3.63, 3.8) is 0 Å². The lowest BCUT2D eigenvalue weighted by Crippen LogP contribution is -2.13. The van der Waals surface area contributed by atoms with Crippen LogP contribution in [-0.4, -0.2) is 23.5 Å². The van der Waals surface area contributed by atoms with Crippen molar-refractivity contribution in [1.29, 1.82) is 0 Å². The fourth-order valence-corrected chi connectivity index (χ4v) is 5.70. The van der Waals surface area contributed by atoms with Gasteiger partial charge in [0.25, 0.3) is 10.0 Å². The zero-order valence-electron chi connectivity index (χ0n) is 18.7. The first-order valence-corrected chi connectivity index (χ1v) is 12.8. The normalized spacial score (nSPS) is 11.6. The van der Waals surface area contributed by atoms with Crippen molar-refractivity contribution < 1.29 is 12.9 Å². The summed E-state index contributed by atoms with van der Waals surface area (Å²) in [5.41, 5.74) is 4.16. The molecule has 0 amide bonds. The molecular weight excluding hydrogens is 470 g/mol. The standard InChI is InChI=1S/C24H21N5O3S2/c1-14-15(2)28-32-23(14)29-34(30,31)19-11-9-18(10-12-19)27-22-21-20(17-7-5-4-6-8-17)16(3)33-24(21)26-13-25-22/h4-13,29H,1-3H3,(H,25,26,27). The molecule has 0 saturated heterocycles. The number of aryl methyl sites for hydroxylation is 2. The fourth-order valence-electron chi connectivity index (χ4n) is 3.64. The van der Waals surface area contributed by atoms with Crippen LogP contribution in [0.15, 0.2) is 70.3 Å². The van der Waals surface area contributed by atoms with Crippen molar-refractivity contribution in [2.24, 2.45) is 0 Å². The van der Waals surface area contributed by atoms with Crippen LogP contribution in [0.4, 0.5) is 17.4 Å². The van der Waals surface area contributed by atoms with Crippen LogP contribution in [0.2, 0.25) is 0 Å². The van der Waals surface area contributed by atoms with E-state index in [4.69, 9.17) is 4.52 Å². The topological polar surface area (TPSA) is 110 Å². The van der Waals surface area contributed by atoms with Gasteiger partial charge in [0.1, 0.15) is 17.0 Å². The van der Waals surface area contributed by atoms with Gasteiger partial charge >= 0.3 is 0 Å². The van der Waals surface area contributed by atoms with Crippen molar-refractivity contribution in [3.05, 3.63) is 77.1 Å². The predicted molar refractivity (Wildman–Crippen MR) is 134 cm³/mol. The molecule has 5 rings (SSSR count). The zero-order valence-corrected chi connectivity index (χ0v) is 20.3. The maximum atomic E-state index is 12.8. The van der Waals surface area contributed by atoms with E-state index in [2.05, 4.69) is 44.2 Å². The number of thiophene rings is 1. The SMILES string of the molecule is Cc1noc(NS(=O)(=O)c2ccc(Nc3ncnc4sc(C)c(-c5ccccc5)c34)cc2)c1C. The lowest BCUT2D eigenvalue weighted by molar-refractivity contribution is 0.430. The van der Waals surface area contributed by atoms with Gasteiger partial charge in [0, 0.05) is 21.7 Å². The average Bonchev–Trinajstić information content (AvgIpc) is 3.33. The summed E-state index contributed by atoms with van der Waals surface area (Å²) >= 11 is 1.62. The Bertz CT molecular complexity index is 1590. The largest absolute Gasteiger partial charge is 0.340 e. The highest BCUT2D eigenvalue weighted by atomic mass is 32.2. The van der Waals surface area contributed by atoms with Crippen LogP contribution in [0, 0.1) is 20.8 Å². The lowest BCUT2D eigenvalue weighted by Gasteiger charge is -2.10. The zero-order chi connectivity index (χ0) is 23.9. The van der Waals surface area contributed by atoms with E-state index in [1.54, 1.807) is 37.3 Å². The number of nitrogens with one attached hydrogen (secondary N) is 2. The molecule has 34 heavy (non-hydrogen) atoms. The number of nitrogens with zero attached hydrogens (tertiary/aromatic N) is 3. The van der Waals surface area contributed by atoms with Gasteiger partial charge < -0.3 is 9.84 Å². The molecule has 0 aliphatic rings. The number of hydrogen-bond acceptors (Lipinski definition) is 8. The molecule has 0 fully saturated rings. The molecule has 5 aromatic rings. The van der Waals surface area contributed by atoms with E-state index in [9.17, 15) is 8.42 Å². The Labute approximate surface area is 200 Å². The number of anilines is 3. The van der Waals surface area contributed by atoms with Gasteiger partial charge in [-0.2, -0.15) is 0 Å². The molecule has 172 valence electrons. The monoisotopic (exact) mass is 491 g/mol. The summed E-state index contributed by atoms with van der Waals surface area (Å²) in [6.07, 6.45) is 1.53. The summed E-state index contributed by atoms with van der Waals surface area (Å²) in [6, 6.07) is 16.6. The van der Waals surface area contributed by atoms with Gasteiger partial charge in [0.2, 0.25) is 5.88 Å². The quantitative estimate of drug-likeness (QED) is 0.308. The second kappa shape index (κ2) is 8.54. The van der Waals surface area contributed by atoms with E-state index in [0.29, 0.717) is 22.8 Å². The van der Waals surface area contributed by atoms with Gasteiger partial charge in [0.05, 0.1) is 16.0 Å². The van der Waals surface area contributed by atoms with Crippen LogP contribution in [-0.2, 0) is 10.0 Å². The highest BCUT2D eigenvalue weighted by molar-refractivity contribution is 7.92. The molecule has 10 heteroatoms. The molecule has 2 aromatic carbocycles. The molecule has 0 radical (unpaired) electrons. The van der Waals surface area contributed by atoms with Gasteiger partial charge in [0.15, 0.2) is 0 Å². The van der Waals surface area contributed by atoms with E-state index >= 15 is 0 Å². The van der Waals surface area contributed by atoms with E-state index < -0.39 is 10.0 Å². The minimum absolute atomic E-state index is 0.107. The van der Waals surface area contributed by atoms with E-state index in [1.165, 1.54) is 18.5 Å². The summed E-state index contributed by atoms with van der Waals surface area (Å²) < 4.78 is 33.1. The molecule has 0 aliphatic heterocycles. The highest BCUT2D eigenvalue weighted by Crippen LogP contribution is 2.40. The molecule has 8 nitrogen and oxygen atoms in total. The Kier molecular flexibility index (Phi) is 5.54. The minimum Gasteiger partial charge on any atom is -0.340 e. The number of benzene rings is 2. The van der Waals surface area contributed by atoms with Gasteiger partial charge in [-0.1, -0.05) is 35.5 Å². The Hall–Kier alpha value is -3.76. The fraction of sp³-hybridized carbons (Fsp3) is 0.125. The Morgan fingerprint density at radius 2 is 1.68 bits per heavy atom. The number of hydrogen-bond donors (Lipinski definition) is 2. The lowest BCUT2D eigenvalue weighted by atomic mass is 10.0. The first-order valence-electron chi connectivity index (χ1n) is 10.5. The number of sulfonamides is 1. The van der Waals surface area contributed by atoms with Crippen molar-refractivity contribution in [2.45, 2.75) is 25.7 Å². The van der Waals surface area contributed by atoms with Gasteiger partial charge in [-0.3, -0.25) is 0 Å². The van der Waals surface area contributed by atoms with Crippen LogP contribution >= 0.6 is 11.3 Å². The third-order valence-corrected chi connectivity index (χ3v) is 7.90. The van der Waals surface area contributed by atoms with Crippen LogP contribution in [0.5, 0.6) is 0 Å². The maximum absolute atomic E-state index is 12.8. The summed E-state index contributed by atoms with van der Waals surface area (Å²) in [7, 11) is -3.82. The minimum atomic E-state index is -3.82. The number of aromatic nitrogens is 3. The molecule has 0 aliphatic carbocycles. The first kappa shape index (κ1) is 22.1. The smallest absolute Gasteiger partial charge is 0.264 e. The number of fused-ring (bicyclic) bond motifs is 1. The molecule has 3 aromatic heterocycles. The average molecular weight is 492 g/mol.